The van der Waals surface area contributed by atoms with Crippen molar-refractivity contribution in [3.63, 3.8) is 0 Å². The number of hydrogen-bond donors (Lipinski definition) is 2. The Morgan fingerprint density at radius 1 is 1.07 bits per heavy atom. The Morgan fingerprint density at radius 3 is 2.60 bits per heavy atom. The number of nitrogens with one attached hydrogen (secondary N) is 2. The van der Waals surface area contributed by atoms with Crippen LogP contribution in [0.4, 0.5) is 4.39 Å². The number of aryl methyl sites for hydroxylation is 2. The van der Waals surface area contributed by atoms with Crippen molar-refractivity contribution in [2.45, 2.75) is 51.6 Å². The van der Waals surface area contributed by atoms with Crippen LogP contribution >= 0.6 is 0 Å². The number of halogens is 1. The van der Waals surface area contributed by atoms with Crippen molar-refractivity contribution in [2.75, 3.05) is 13.1 Å². The largest absolute Gasteiger partial charge is 0.490 e. The minimum absolute atomic E-state index is 0.0762. The molecular weight excluding hydrogens is 383 g/mol. The standard InChI is InChI=1S/C24H29FN2O3/c1-17-9-11-19(16-22(17)25)24(29)27-14-13-26-23(28)12-10-18-5-4-8-21(15-18)30-20-6-2-3-7-20/h4-5,8-9,11,15-16,20H,2-3,6-7,10,12-14H2,1H3,(H,26,28)(H,27,29). The van der Waals surface area contributed by atoms with Crippen molar-refractivity contribution in [1.82, 2.24) is 10.6 Å². The number of amides is 2. The van der Waals surface area contributed by atoms with E-state index in [1.807, 2.05) is 24.3 Å². The molecule has 160 valence electrons. The molecule has 0 atom stereocenters. The summed E-state index contributed by atoms with van der Waals surface area (Å²) in [5, 5.41) is 5.47. The Kier molecular flexibility index (Phi) is 7.82. The highest BCUT2D eigenvalue weighted by Crippen LogP contribution is 2.24. The van der Waals surface area contributed by atoms with Gasteiger partial charge in [-0.15, -0.1) is 0 Å². The molecule has 1 aliphatic carbocycles. The number of hydrogen-bond acceptors (Lipinski definition) is 3. The van der Waals surface area contributed by atoms with Crippen molar-refractivity contribution < 1.29 is 18.7 Å². The zero-order valence-electron chi connectivity index (χ0n) is 17.4. The highest BCUT2D eigenvalue weighted by atomic mass is 19.1. The van der Waals surface area contributed by atoms with Gasteiger partial charge >= 0.3 is 0 Å². The van der Waals surface area contributed by atoms with E-state index < -0.39 is 5.82 Å². The van der Waals surface area contributed by atoms with E-state index in [0.29, 0.717) is 31.1 Å². The molecule has 0 heterocycles. The molecule has 0 aromatic heterocycles. The van der Waals surface area contributed by atoms with Crippen LogP contribution in [0.2, 0.25) is 0 Å². The highest BCUT2D eigenvalue weighted by molar-refractivity contribution is 5.94. The first-order valence-electron chi connectivity index (χ1n) is 10.6. The predicted molar refractivity (Wildman–Crippen MR) is 114 cm³/mol. The van der Waals surface area contributed by atoms with E-state index in [0.717, 1.165) is 24.2 Å². The van der Waals surface area contributed by atoms with Gasteiger partial charge in [-0.1, -0.05) is 18.2 Å². The summed E-state index contributed by atoms with van der Waals surface area (Å²) in [6.07, 6.45) is 5.99. The van der Waals surface area contributed by atoms with Crippen LogP contribution in [-0.2, 0) is 11.2 Å². The SMILES string of the molecule is Cc1ccc(C(=O)NCCNC(=O)CCc2cccc(OC3CCCC3)c2)cc1F. The van der Waals surface area contributed by atoms with Gasteiger partial charge < -0.3 is 15.4 Å². The molecular formula is C24H29FN2O3. The maximum Gasteiger partial charge on any atom is 0.251 e. The molecule has 0 spiro atoms. The molecule has 1 saturated carbocycles. The Morgan fingerprint density at radius 2 is 1.83 bits per heavy atom. The van der Waals surface area contributed by atoms with Crippen molar-refractivity contribution in [3.05, 3.63) is 65.0 Å². The Labute approximate surface area is 177 Å². The van der Waals surface area contributed by atoms with Gasteiger partial charge in [0.25, 0.3) is 5.91 Å². The summed E-state index contributed by atoms with van der Waals surface area (Å²) in [6.45, 7) is 2.25. The number of ether oxygens (including phenoxy) is 1. The maximum atomic E-state index is 13.5. The summed E-state index contributed by atoms with van der Waals surface area (Å²) in [4.78, 5) is 24.1. The molecule has 6 heteroatoms. The molecule has 3 rings (SSSR count). The summed E-state index contributed by atoms with van der Waals surface area (Å²) < 4.78 is 19.6. The van der Waals surface area contributed by atoms with Gasteiger partial charge in [-0.2, -0.15) is 0 Å². The van der Waals surface area contributed by atoms with Crippen molar-refractivity contribution in [2.24, 2.45) is 0 Å². The van der Waals surface area contributed by atoms with E-state index in [2.05, 4.69) is 10.6 Å². The molecule has 5 nitrogen and oxygen atoms in total. The van der Waals surface area contributed by atoms with Crippen LogP contribution < -0.4 is 15.4 Å². The van der Waals surface area contributed by atoms with Crippen molar-refractivity contribution >= 4 is 11.8 Å². The number of carbonyl (C=O) groups excluding carboxylic acids is 2. The van der Waals surface area contributed by atoms with Crippen LogP contribution in [0, 0.1) is 12.7 Å². The molecule has 0 saturated heterocycles. The molecule has 0 radical (unpaired) electrons. The van der Waals surface area contributed by atoms with Crippen molar-refractivity contribution in [1.29, 1.82) is 0 Å². The van der Waals surface area contributed by atoms with E-state index in [1.165, 1.54) is 18.9 Å². The molecule has 30 heavy (non-hydrogen) atoms. The van der Waals surface area contributed by atoms with E-state index in [4.69, 9.17) is 4.74 Å². The van der Waals surface area contributed by atoms with E-state index in [-0.39, 0.29) is 23.9 Å². The maximum absolute atomic E-state index is 13.5. The average Bonchev–Trinajstić information content (AvgIpc) is 3.25. The average molecular weight is 413 g/mol. The smallest absolute Gasteiger partial charge is 0.251 e. The molecule has 0 aliphatic heterocycles. The second-order valence-corrected chi connectivity index (χ2v) is 7.74. The lowest BCUT2D eigenvalue weighted by Gasteiger charge is -2.14. The van der Waals surface area contributed by atoms with Gasteiger partial charge in [0.2, 0.25) is 5.91 Å². The van der Waals surface area contributed by atoms with Crippen LogP contribution in [0.25, 0.3) is 0 Å². The van der Waals surface area contributed by atoms with Crippen LogP contribution in [0.1, 0.15) is 53.6 Å². The van der Waals surface area contributed by atoms with Gasteiger partial charge in [0.1, 0.15) is 11.6 Å². The Hall–Kier alpha value is -2.89. The first-order chi connectivity index (χ1) is 14.5. The van der Waals surface area contributed by atoms with Crippen molar-refractivity contribution in [3.8, 4) is 5.75 Å². The fraction of sp³-hybridized carbons (Fsp3) is 0.417. The van der Waals surface area contributed by atoms with Gasteiger partial charge in [0.15, 0.2) is 0 Å². The quantitative estimate of drug-likeness (QED) is 0.613. The second-order valence-electron chi connectivity index (χ2n) is 7.74. The van der Waals surface area contributed by atoms with Gasteiger partial charge in [-0.25, -0.2) is 4.39 Å². The zero-order valence-corrected chi connectivity index (χ0v) is 17.4. The minimum Gasteiger partial charge on any atom is -0.490 e. The molecule has 0 bridgehead atoms. The highest BCUT2D eigenvalue weighted by Gasteiger charge is 2.16. The lowest BCUT2D eigenvalue weighted by molar-refractivity contribution is -0.121. The van der Waals surface area contributed by atoms with Crippen LogP contribution in [-0.4, -0.2) is 31.0 Å². The topological polar surface area (TPSA) is 67.4 Å². The number of rotatable bonds is 9. The molecule has 1 fully saturated rings. The molecule has 2 aromatic carbocycles. The fourth-order valence-corrected chi connectivity index (χ4v) is 3.53. The first kappa shape index (κ1) is 21.8. The zero-order chi connectivity index (χ0) is 21.3. The van der Waals surface area contributed by atoms with E-state index in [9.17, 15) is 14.0 Å². The second kappa shape index (κ2) is 10.8. The Bertz CT molecular complexity index is 879. The molecule has 2 aromatic rings. The van der Waals surface area contributed by atoms with Gasteiger partial charge in [-0.05, 0) is 74.4 Å². The van der Waals surface area contributed by atoms with Crippen LogP contribution in [0.5, 0.6) is 5.75 Å². The third-order valence-electron chi connectivity index (χ3n) is 5.31. The van der Waals surface area contributed by atoms with Gasteiger partial charge in [-0.3, -0.25) is 9.59 Å². The van der Waals surface area contributed by atoms with Gasteiger partial charge in [0.05, 0.1) is 6.10 Å². The Balaban J connectivity index is 1.34. The molecule has 2 amide bonds. The van der Waals surface area contributed by atoms with E-state index in [1.54, 1.807) is 19.1 Å². The van der Waals surface area contributed by atoms with Crippen LogP contribution in [0.15, 0.2) is 42.5 Å². The fourth-order valence-electron chi connectivity index (χ4n) is 3.53. The number of carbonyl (C=O) groups is 2. The lowest BCUT2D eigenvalue weighted by atomic mass is 10.1. The third kappa shape index (κ3) is 6.58. The molecule has 1 aliphatic rings. The van der Waals surface area contributed by atoms with Gasteiger partial charge in [0, 0.05) is 25.1 Å². The van der Waals surface area contributed by atoms with E-state index >= 15 is 0 Å². The predicted octanol–water partition coefficient (Wildman–Crippen LogP) is 3.93. The lowest BCUT2D eigenvalue weighted by Crippen LogP contribution is -2.34. The number of benzene rings is 2. The normalized spacial score (nSPS) is 13.8. The summed E-state index contributed by atoms with van der Waals surface area (Å²) in [5.41, 5.74) is 1.83. The molecule has 0 unspecified atom stereocenters. The van der Waals surface area contributed by atoms with Crippen LogP contribution in [0.3, 0.4) is 0 Å². The minimum atomic E-state index is -0.409. The monoisotopic (exact) mass is 412 g/mol. The molecule has 2 N–H and O–H groups in total. The first-order valence-corrected chi connectivity index (χ1v) is 10.6. The third-order valence-corrected chi connectivity index (χ3v) is 5.31. The summed E-state index contributed by atoms with van der Waals surface area (Å²) in [7, 11) is 0. The summed E-state index contributed by atoms with van der Waals surface area (Å²) in [6, 6.07) is 12.3. The summed E-state index contributed by atoms with van der Waals surface area (Å²) in [5.74, 6) is 0.0266. The summed E-state index contributed by atoms with van der Waals surface area (Å²) >= 11 is 0.